The number of hydrogen-bond donors (Lipinski definition) is 2. The highest BCUT2D eigenvalue weighted by Gasteiger charge is 2.25. The number of pyridine rings is 1. The Morgan fingerprint density at radius 2 is 1.96 bits per heavy atom. The molecule has 4 rings (SSSR count). The van der Waals surface area contributed by atoms with Crippen LogP contribution in [0.4, 0.5) is 5.95 Å². The van der Waals surface area contributed by atoms with Crippen LogP contribution in [-0.4, -0.2) is 33.1 Å². The number of piperidine rings is 1. The van der Waals surface area contributed by atoms with Crippen LogP contribution in [0.5, 0.6) is 5.75 Å². The van der Waals surface area contributed by atoms with Gasteiger partial charge in [0.2, 0.25) is 5.95 Å². The highest BCUT2D eigenvalue weighted by molar-refractivity contribution is 5.93. The maximum absolute atomic E-state index is 12.9. The first-order valence-electron chi connectivity index (χ1n) is 9.31. The van der Waals surface area contributed by atoms with Crippen LogP contribution in [0.3, 0.4) is 0 Å². The number of rotatable bonds is 2. The summed E-state index contributed by atoms with van der Waals surface area (Å²) < 4.78 is 5.10. The number of anilines is 1. The number of aromatic nitrogens is 3. The molecular weight excluding hydrogens is 360 g/mol. The van der Waals surface area contributed by atoms with E-state index in [0.717, 1.165) is 19.5 Å². The van der Waals surface area contributed by atoms with Gasteiger partial charge in [0.1, 0.15) is 17.1 Å². The number of aryl methyl sites for hydroxylation is 1. The predicted molar refractivity (Wildman–Crippen MR) is 106 cm³/mol. The molecule has 8 heteroatoms. The molecule has 0 aliphatic carbocycles. The summed E-state index contributed by atoms with van der Waals surface area (Å²) in [4.78, 5) is 38.9. The Morgan fingerprint density at radius 1 is 1.25 bits per heavy atom. The van der Waals surface area contributed by atoms with Crippen molar-refractivity contribution in [2.24, 2.45) is 11.8 Å². The second kappa shape index (κ2) is 6.78. The molecule has 146 valence electrons. The first-order valence-corrected chi connectivity index (χ1v) is 9.31. The Labute approximate surface area is 160 Å². The zero-order valence-electron chi connectivity index (χ0n) is 16.0. The molecule has 0 spiro atoms. The van der Waals surface area contributed by atoms with Crippen LogP contribution in [0.1, 0.15) is 26.0 Å². The molecule has 0 amide bonds. The average Bonchev–Trinajstić information content (AvgIpc) is 2.59. The van der Waals surface area contributed by atoms with Crippen molar-refractivity contribution in [3.63, 3.8) is 0 Å². The van der Waals surface area contributed by atoms with Crippen molar-refractivity contribution in [3.8, 4) is 16.9 Å². The lowest BCUT2D eigenvalue weighted by atomic mass is 9.92. The molecule has 3 aromatic rings. The average molecular weight is 382 g/mol. The van der Waals surface area contributed by atoms with E-state index < -0.39 is 11.2 Å². The van der Waals surface area contributed by atoms with E-state index in [4.69, 9.17) is 4.42 Å². The molecular formula is C20H22N4O4. The van der Waals surface area contributed by atoms with Gasteiger partial charge in [0, 0.05) is 30.9 Å². The molecule has 0 unspecified atom stereocenters. The first kappa shape index (κ1) is 18.2. The van der Waals surface area contributed by atoms with Crippen LogP contribution >= 0.6 is 0 Å². The van der Waals surface area contributed by atoms with E-state index >= 15 is 0 Å². The van der Waals surface area contributed by atoms with Crippen LogP contribution in [-0.2, 0) is 0 Å². The van der Waals surface area contributed by atoms with E-state index in [-0.39, 0.29) is 33.7 Å². The summed E-state index contributed by atoms with van der Waals surface area (Å²) in [6, 6.07) is 2.85. The van der Waals surface area contributed by atoms with Crippen molar-refractivity contribution in [2.45, 2.75) is 27.2 Å². The minimum atomic E-state index is -0.716. The molecule has 28 heavy (non-hydrogen) atoms. The van der Waals surface area contributed by atoms with Crippen molar-refractivity contribution < 1.29 is 9.52 Å². The number of aromatic hydroxyl groups is 1. The lowest BCUT2D eigenvalue weighted by Gasteiger charge is -2.35. The van der Waals surface area contributed by atoms with Gasteiger partial charge in [0.15, 0.2) is 5.65 Å². The minimum absolute atomic E-state index is 0.0710. The fourth-order valence-corrected chi connectivity index (χ4v) is 4.09. The molecule has 0 bridgehead atoms. The maximum Gasteiger partial charge on any atom is 0.347 e. The second-order valence-corrected chi connectivity index (χ2v) is 7.70. The summed E-state index contributed by atoms with van der Waals surface area (Å²) >= 11 is 0. The van der Waals surface area contributed by atoms with Gasteiger partial charge < -0.3 is 14.4 Å². The van der Waals surface area contributed by atoms with E-state index in [1.807, 2.05) is 0 Å². The Morgan fingerprint density at radius 3 is 2.64 bits per heavy atom. The number of H-pyrrole nitrogens is 1. The number of aromatic amines is 1. The normalized spacial score (nSPS) is 19.9. The fraction of sp³-hybridized carbons (Fsp3) is 0.400. The maximum atomic E-state index is 12.9. The molecule has 3 aromatic heterocycles. The second-order valence-electron chi connectivity index (χ2n) is 7.70. The highest BCUT2D eigenvalue weighted by Crippen LogP contribution is 2.30. The zero-order chi connectivity index (χ0) is 20.0. The van der Waals surface area contributed by atoms with Crippen molar-refractivity contribution in [1.82, 2.24) is 15.0 Å². The van der Waals surface area contributed by atoms with E-state index in [1.54, 1.807) is 6.92 Å². The van der Waals surface area contributed by atoms with Crippen molar-refractivity contribution in [3.05, 3.63) is 44.9 Å². The molecule has 1 aliphatic heterocycles. The number of nitrogens with one attached hydrogen (secondary N) is 1. The predicted octanol–water partition coefficient (Wildman–Crippen LogP) is 2.43. The van der Waals surface area contributed by atoms with Crippen LogP contribution in [0, 0.1) is 18.8 Å². The summed E-state index contributed by atoms with van der Waals surface area (Å²) in [6.45, 7) is 7.54. The van der Waals surface area contributed by atoms with E-state index in [2.05, 4.69) is 33.7 Å². The van der Waals surface area contributed by atoms with Crippen molar-refractivity contribution in [1.29, 1.82) is 0 Å². The molecule has 8 nitrogen and oxygen atoms in total. The first-order chi connectivity index (χ1) is 13.3. The molecule has 1 saturated heterocycles. The molecule has 1 fully saturated rings. The van der Waals surface area contributed by atoms with Crippen LogP contribution in [0.25, 0.3) is 22.2 Å². The molecule has 0 saturated carbocycles. The third-order valence-corrected chi connectivity index (χ3v) is 5.09. The van der Waals surface area contributed by atoms with Crippen LogP contribution < -0.4 is 16.1 Å². The third-order valence-electron chi connectivity index (χ3n) is 5.09. The lowest BCUT2D eigenvalue weighted by Crippen LogP contribution is -2.40. The number of fused-ring (bicyclic) bond motifs is 1. The van der Waals surface area contributed by atoms with Gasteiger partial charge in [-0.15, -0.1) is 0 Å². The summed E-state index contributed by atoms with van der Waals surface area (Å²) in [7, 11) is 0. The Balaban J connectivity index is 1.89. The monoisotopic (exact) mass is 382 g/mol. The van der Waals surface area contributed by atoms with Gasteiger partial charge in [-0.05, 0) is 31.2 Å². The van der Waals surface area contributed by atoms with Crippen LogP contribution in [0.15, 0.2) is 32.3 Å². The summed E-state index contributed by atoms with van der Waals surface area (Å²) in [5.74, 6) is 1.51. The van der Waals surface area contributed by atoms with Gasteiger partial charge in [0.05, 0.1) is 5.39 Å². The van der Waals surface area contributed by atoms with E-state index in [9.17, 15) is 14.7 Å². The molecule has 4 heterocycles. The van der Waals surface area contributed by atoms with Crippen molar-refractivity contribution >= 4 is 17.0 Å². The van der Waals surface area contributed by atoms with Gasteiger partial charge in [-0.1, -0.05) is 13.8 Å². The number of nitrogens with zero attached hydrogens (tertiary/aromatic N) is 3. The van der Waals surface area contributed by atoms with Gasteiger partial charge in [-0.25, -0.2) is 9.78 Å². The molecule has 2 atom stereocenters. The van der Waals surface area contributed by atoms with Crippen molar-refractivity contribution in [2.75, 3.05) is 18.0 Å². The minimum Gasteiger partial charge on any atom is -0.507 e. The Hall–Kier alpha value is -3.16. The number of hydrogen-bond acceptors (Lipinski definition) is 7. The molecule has 2 N–H and O–H groups in total. The molecule has 1 aliphatic rings. The smallest absolute Gasteiger partial charge is 0.347 e. The van der Waals surface area contributed by atoms with E-state index in [0.29, 0.717) is 17.8 Å². The van der Waals surface area contributed by atoms with Gasteiger partial charge in [-0.3, -0.25) is 9.78 Å². The fourth-order valence-electron chi connectivity index (χ4n) is 4.09. The van der Waals surface area contributed by atoms with Crippen LogP contribution in [0.2, 0.25) is 0 Å². The Kier molecular flexibility index (Phi) is 4.41. The topological polar surface area (TPSA) is 112 Å². The summed E-state index contributed by atoms with van der Waals surface area (Å²) in [5.41, 5.74) is -0.725. The highest BCUT2D eigenvalue weighted by atomic mass is 16.4. The Bertz CT molecular complexity index is 1160. The summed E-state index contributed by atoms with van der Waals surface area (Å²) in [5, 5.41) is 10.4. The molecule has 0 aromatic carbocycles. The van der Waals surface area contributed by atoms with Gasteiger partial charge in [0.25, 0.3) is 5.56 Å². The largest absolute Gasteiger partial charge is 0.507 e. The SMILES string of the molecule is Cc1cc(O)c(-c2ccnc3nc(N4C[C@H](C)C[C@H](C)C4)[nH]c(=O)c23)c(=O)o1. The zero-order valence-corrected chi connectivity index (χ0v) is 16.0. The lowest BCUT2D eigenvalue weighted by molar-refractivity contribution is 0.353. The third kappa shape index (κ3) is 3.15. The standard InChI is InChI=1S/C20H22N4O4/c1-10-6-11(2)9-24(8-10)20-22-17-16(18(26)23-20)13(4-5-21-17)15-14(25)7-12(3)28-19(15)27/h4-5,7,10-11,25H,6,8-9H2,1-3H3,(H,21,22,23,26)/t10-,11+. The molecule has 0 radical (unpaired) electrons. The van der Waals surface area contributed by atoms with Gasteiger partial charge in [-0.2, -0.15) is 4.98 Å². The summed E-state index contributed by atoms with van der Waals surface area (Å²) in [6.07, 6.45) is 2.60. The van der Waals surface area contributed by atoms with Gasteiger partial charge >= 0.3 is 5.63 Å². The quantitative estimate of drug-likeness (QED) is 0.700. The van der Waals surface area contributed by atoms with E-state index in [1.165, 1.54) is 18.3 Å².